The first-order chi connectivity index (χ1) is 16.0. The van der Waals surface area contributed by atoms with Crippen molar-refractivity contribution < 1.29 is 15.0 Å². The SMILES string of the molecule is Cc1nc2c(C(=O)O)cc(-c3ccc(-c4ccccc4CN4CCC(O)CC4)cc3)cc2[nH]1. The van der Waals surface area contributed by atoms with Gasteiger partial charge in [-0.05, 0) is 59.7 Å². The van der Waals surface area contributed by atoms with Crippen molar-refractivity contribution in [1.29, 1.82) is 0 Å². The van der Waals surface area contributed by atoms with Crippen LogP contribution in [0.25, 0.3) is 33.3 Å². The van der Waals surface area contributed by atoms with Gasteiger partial charge < -0.3 is 15.2 Å². The van der Waals surface area contributed by atoms with E-state index in [-0.39, 0.29) is 11.7 Å². The number of aliphatic hydroxyl groups excluding tert-OH is 1. The van der Waals surface area contributed by atoms with Crippen LogP contribution in [0.1, 0.15) is 34.6 Å². The number of aromatic amines is 1. The number of aromatic carboxylic acids is 1. The van der Waals surface area contributed by atoms with Crippen LogP contribution in [-0.2, 0) is 6.54 Å². The van der Waals surface area contributed by atoms with E-state index in [4.69, 9.17) is 0 Å². The van der Waals surface area contributed by atoms with Crippen LogP contribution in [0.5, 0.6) is 0 Å². The number of carbonyl (C=O) groups is 1. The van der Waals surface area contributed by atoms with E-state index in [9.17, 15) is 15.0 Å². The molecule has 0 bridgehead atoms. The van der Waals surface area contributed by atoms with E-state index in [1.807, 2.05) is 25.1 Å². The molecule has 6 nitrogen and oxygen atoms in total. The van der Waals surface area contributed by atoms with Crippen molar-refractivity contribution in [3.8, 4) is 22.3 Å². The molecule has 33 heavy (non-hydrogen) atoms. The Morgan fingerprint density at radius 3 is 2.45 bits per heavy atom. The normalized spacial score (nSPS) is 15.2. The zero-order valence-electron chi connectivity index (χ0n) is 18.6. The lowest BCUT2D eigenvalue weighted by molar-refractivity contribution is 0.0698. The first kappa shape index (κ1) is 21.4. The van der Waals surface area contributed by atoms with E-state index >= 15 is 0 Å². The Balaban J connectivity index is 1.45. The summed E-state index contributed by atoms with van der Waals surface area (Å²) in [5.74, 6) is -0.288. The molecule has 0 unspecified atom stereocenters. The van der Waals surface area contributed by atoms with E-state index < -0.39 is 5.97 Å². The summed E-state index contributed by atoms with van der Waals surface area (Å²) in [6, 6.07) is 20.4. The number of imidazole rings is 1. The molecule has 0 radical (unpaired) electrons. The summed E-state index contributed by atoms with van der Waals surface area (Å²) in [7, 11) is 0. The molecule has 2 heterocycles. The minimum Gasteiger partial charge on any atom is -0.478 e. The fourth-order valence-corrected chi connectivity index (χ4v) is 4.67. The van der Waals surface area contributed by atoms with Crippen molar-refractivity contribution in [2.24, 2.45) is 0 Å². The van der Waals surface area contributed by atoms with Crippen LogP contribution in [0.2, 0.25) is 0 Å². The van der Waals surface area contributed by atoms with Crippen LogP contribution in [0.3, 0.4) is 0 Å². The lowest BCUT2D eigenvalue weighted by Gasteiger charge is -2.30. The second kappa shape index (κ2) is 8.81. The monoisotopic (exact) mass is 441 g/mol. The van der Waals surface area contributed by atoms with Crippen LogP contribution in [0.4, 0.5) is 0 Å². The van der Waals surface area contributed by atoms with Gasteiger partial charge in [-0.15, -0.1) is 0 Å². The molecule has 3 aromatic carbocycles. The number of hydrogen-bond acceptors (Lipinski definition) is 4. The molecule has 0 aliphatic carbocycles. The predicted octanol–water partition coefficient (Wildman–Crippen LogP) is 4.86. The molecule has 6 heteroatoms. The molecule has 1 aliphatic heterocycles. The average molecular weight is 442 g/mol. The number of fused-ring (bicyclic) bond motifs is 1. The molecule has 4 aromatic rings. The second-order valence-corrected chi connectivity index (χ2v) is 8.79. The van der Waals surface area contributed by atoms with Crippen molar-refractivity contribution in [2.75, 3.05) is 13.1 Å². The van der Waals surface area contributed by atoms with Crippen LogP contribution in [0, 0.1) is 6.92 Å². The van der Waals surface area contributed by atoms with E-state index in [0.717, 1.165) is 54.7 Å². The number of aliphatic hydroxyl groups is 1. The fraction of sp³-hybridized carbons (Fsp3) is 0.259. The first-order valence-corrected chi connectivity index (χ1v) is 11.3. The van der Waals surface area contributed by atoms with Crippen molar-refractivity contribution in [1.82, 2.24) is 14.9 Å². The van der Waals surface area contributed by atoms with Crippen molar-refractivity contribution in [2.45, 2.75) is 32.4 Å². The molecule has 0 amide bonds. The second-order valence-electron chi connectivity index (χ2n) is 8.79. The highest BCUT2D eigenvalue weighted by atomic mass is 16.4. The van der Waals surface area contributed by atoms with Crippen LogP contribution >= 0.6 is 0 Å². The van der Waals surface area contributed by atoms with Crippen LogP contribution < -0.4 is 0 Å². The third kappa shape index (κ3) is 4.40. The molecule has 1 aromatic heterocycles. The molecule has 1 aliphatic rings. The largest absolute Gasteiger partial charge is 0.478 e. The van der Waals surface area contributed by atoms with E-state index in [0.29, 0.717) is 11.3 Å². The van der Waals surface area contributed by atoms with Gasteiger partial charge in [0, 0.05) is 19.6 Å². The third-order valence-electron chi connectivity index (χ3n) is 6.43. The quantitative estimate of drug-likeness (QED) is 0.412. The number of benzene rings is 3. The number of piperidine rings is 1. The fourth-order valence-electron chi connectivity index (χ4n) is 4.67. The summed E-state index contributed by atoms with van der Waals surface area (Å²) in [5, 5.41) is 19.5. The molecule has 0 saturated carbocycles. The Kier molecular flexibility index (Phi) is 5.70. The Morgan fingerprint density at radius 2 is 1.73 bits per heavy atom. The average Bonchev–Trinajstić information content (AvgIpc) is 3.20. The highest BCUT2D eigenvalue weighted by Gasteiger charge is 2.18. The number of rotatable bonds is 5. The molecule has 1 saturated heterocycles. The summed E-state index contributed by atoms with van der Waals surface area (Å²) in [5.41, 5.74) is 6.80. The molecule has 1 fully saturated rings. The van der Waals surface area contributed by atoms with Gasteiger partial charge in [0.2, 0.25) is 0 Å². The van der Waals surface area contributed by atoms with Gasteiger partial charge in [0.05, 0.1) is 17.2 Å². The zero-order valence-corrected chi connectivity index (χ0v) is 18.6. The lowest BCUT2D eigenvalue weighted by atomic mass is 9.95. The minimum absolute atomic E-state index is 0.171. The third-order valence-corrected chi connectivity index (χ3v) is 6.43. The molecular weight excluding hydrogens is 414 g/mol. The highest BCUT2D eigenvalue weighted by molar-refractivity contribution is 6.03. The minimum atomic E-state index is -0.982. The number of H-pyrrole nitrogens is 1. The number of aryl methyl sites for hydroxylation is 1. The summed E-state index contributed by atoms with van der Waals surface area (Å²) >= 11 is 0. The van der Waals surface area contributed by atoms with Crippen molar-refractivity contribution in [3.63, 3.8) is 0 Å². The Labute approximate surface area is 192 Å². The van der Waals surface area contributed by atoms with Gasteiger partial charge in [-0.1, -0.05) is 48.5 Å². The number of likely N-dealkylation sites (tertiary alicyclic amines) is 1. The van der Waals surface area contributed by atoms with Crippen molar-refractivity contribution >= 4 is 17.0 Å². The number of nitrogens with zero attached hydrogens (tertiary/aromatic N) is 2. The van der Waals surface area contributed by atoms with Gasteiger partial charge in [-0.3, -0.25) is 4.90 Å². The molecule has 0 spiro atoms. The number of nitrogens with one attached hydrogen (secondary N) is 1. The molecule has 3 N–H and O–H groups in total. The van der Waals surface area contributed by atoms with Gasteiger partial charge in [0.15, 0.2) is 0 Å². The van der Waals surface area contributed by atoms with Crippen LogP contribution in [0.15, 0.2) is 60.7 Å². The Hall–Kier alpha value is -3.48. The predicted molar refractivity (Wildman–Crippen MR) is 129 cm³/mol. The Morgan fingerprint density at radius 1 is 1.03 bits per heavy atom. The lowest BCUT2D eigenvalue weighted by Crippen LogP contribution is -2.35. The van der Waals surface area contributed by atoms with Gasteiger partial charge in [-0.2, -0.15) is 0 Å². The standard InChI is InChI=1S/C27H27N3O3/c1-17-28-25-15-21(14-24(27(32)33)26(25)29-17)18-6-8-19(9-7-18)23-5-3-2-4-20(23)16-30-12-10-22(31)11-13-30/h2-9,14-15,22,31H,10-13,16H2,1H3,(H,28,29)(H,32,33). The number of carboxylic acids is 1. The first-order valence-electron chi connectivity index (χ1n) is 11.3. The molecule has 5 rings (SSSR count). The van der Waals surface area contributed by atoms with Gasteiger partial charge in [0.25, 0.3) is 0 Å². The summed E-state index contributed by atoms with van der Waals surface area (Å²) < 4.78 is 0. The maximum atomic E-state index is 11.8. The Bertz CT molecular complexity index is 1300. The van der Waals surface area contributed by atoms with Crippen LogP contribution in [-0.4, -0.2) is 50.2 Å². The molecule has 168 valence electrons. The van der Waals surface area contributed by atoms with Gasteiger partial charge >= 0.3 is 5.97 Å². The zero-order chi connectivity index (χ0) is 22.9. The topological polar surface area (TPSA) is 89.4 Å². The smallest absolute Gasteiger partial charge is 0.337 e. The number of aromatic nitrogens is 2. The maximum Gasteiger partial charge on any atom is 0.337 e. The summed E-state index contributed by atoms with van der Waals surface area (Å²) in [6.45, 7) is 4.51. The van der Waals surface area contributed by atoms with Gasteiger partial charge in [-0.25, -0.2) is 9.78 Å². The summed E-state index contributed by atoms with van der Waals surface area (Å²) in [4.78, 5) is 21.7. The van der Waals surface area contributed by atoms with Gasteiger partial charge in [0.1, 0.15) is 11.3 Å². The summed E-state index contributed by atoms with van der Waals surface area (Å²) in [6.07, 6.45) is 1.49. The van der Waals surface area contributed by atoms with Crippen molar-refractivity contribution in [3.05, 3.63) is 77.6 Å². The van der Waals surface area contributed by atoms with E-state index in [1.54, 1.807) is 6.07 Å². The van der Waals surface area contributed by atoms with E-state index in [2.05, 4.69) is 51.3 Å². The maximum absolute atomic E-state index is 11.8. The number of hydrogen-bond donors (Lipinski definition) is 3. The number of carboxylic acid groups (broad SMARTS) is 1. The highest BCUT2D eigenvalue weighted by Crippen LogP contribution is 2.31. The molecule has 0 atom stereocenters. The van der Waals surface area contributed by atoms with E-state index in [1.165, 1.54) is 11.1 Å². The molecular formula is C27H27N3O3.